The molecule has 0 radical (unpaired) electrons. The number of fused-ring (bicyclic) bond motifs is 1. The highest BCUT2D eigenvalue weighted by Crippen LogP contribution is 2.31. The molecule has 2 aromatic rings. The number of non-ortho nitro benzene ring substituents is 1. The predicted molar refractivity (Wildman–Crippen MR) is 82.6 cm³/mol. The molecule has 0 spiro atoms. The van der Waals surface area contributed by atoms with E-state index in [1.165, 1.54) is 6.07 Å². The van der Waals surface area contributed by atoms with Crippen molar-refractivity contribution in [2.45, 2.75) is 19.3 Å². The van der Waals surface area contributed by atoms with Gasteiger partial charge in [-0.15, -0.1) is 0 Å². The van der Waals surface area contributed by atoms with Crippen LogP contribution in [0.25, 0.3) is 10.9 Å². The van der Waals surface area contributed by atoms with Gasteiger partial charge in [0.05, 0.1) is 4.92 Å². The number of hydrogen-bond acceptors (Lipinski definition) is 5. The summed E-state index contributed by atoms with van der Waals surface area (Å²) in [5.74, 6) is 0. The highest BCUT2D eigenvalue weighted by Gasteiger charge is 2.16. The molecule has 21 heavy (non-hydrogen) atoms. The fourth-order valence-electron chi connectivity index (χ4n) is 2.38. The maximum atomic E-state index is 11.1. The minimum atomic E-state index is -0.402. The minimum absolute atomic E-state index is 0.0306. The van der Waals surface area contributed by atoms with Crippen LogP contribution in [0.5, 0.6) is 0 Å². The van der Waals surface area contributed by atoms with Gasteiger partial charge in [0.15, 0.2) is 0 Å². The lowest BCUT2D eigenvalue weighted by Crippen LogP contribution is -2.19. The average Bonchev–Trinajstić information content (AvgIpc) is 2.50. The smallest absolute Gasteiger partial charge is 0.295 e. The summed E-state index contributed by atoms with van der Waals surface area (Å²) in [6.45, 7) is 1.05. The van der Waals surface area contributed by atoms with Gasteiger partial charge in [-0.05, 0) is 37.5 Å². The van der Waals surface area contributed by atoms with Crippen molar-refractivity contribution in [2.75, 3.05) is 25.1 Å². The quantitative estimate of drug-likeness (QED) is 0.481. The SMILES string of the molecule is CN(CCCCCO)c1ccc([N+](=O)[O-])c2ncccc12. The standard InChI is InChI=1S/C15H19N3O3/c1-17(10-3-2-4-11-19)13-7-8-14(18(20)21)15-12(13)6-5-9-16-15/h5-9,19H,2-4,10-11H2,1H3. The van der Waals surface area contributed by atoms with Gasteiger partial charge in [-0.1, -0.05) is 0 Å². The molecule has 1 N–H and O–H groups in total. The van der Waals surface area contributed by atoms with E-state index in [1.54, 1.807) is 18.3 Å². The molecule has 2 rings (SSSR count). The van der Waals surface area contributed by atoms with Crippen molar-refractivity contribution in [1.82, 2.24) is 4.98 Å². The number of nitro groups is 1. The second-order valence-electron chi connectivity index (χ2n) is 4.97. The number of hydrogen-bond donors (Lipinski definition) is 1. The van der Waals surface area contributed by atoms with Crippen LogP contribution in [0, 0.1) is 10.1 Å². The Hall–Kier alpha value is -2.21. The first-order valence-corrected chi connectivity index (χ1v) is 6.99. The Labute approximate surface area is 123 Å². The van der Waals surface area contributed by atoms with Crippen LogP contribution in [0.4, 0.5) is 11.4 Å². The van der Waals surface area contributed by atoms with Crippen molar-refractivity contribution in [1.29, 1.82) is 0 Å². The monoisotopic (exact) mass is 289 g/mol. The molecule has 0 aliphatic carbocycles. The van der Waals surface area contributed by atoms with E-state index in [0.717, 1.165) is 36.9 Å². The molecule has 0 unspecified atom stereocenters. The molecule has 6 heteroatoms. The number of nitrogens with zero attached hydrogens (tertiary/aromatic N) is 3. The predicted octanol–water partition coefficient (Wildman–Crippen LogP) is 2.74. The molecule has 1 aromatic carbocycles. The van der Waals surface area contributed by atoms with E-state index in [4.69, 9.17) is 5.11 Å². The number of anilines is 1. The van der Waals surface area contributed by atoms with E-state index in [2.05, 4.69) is 9.88 Å². The van der Waals surface area contributed by atoms with Gasteiger partial charge >= 0.3 is 0 Å². The van der Waals surface area contributed by atoms with Gasteiger partial charge in [0.25, 0.3) is 5.69 Å². The van der Waals surface area contributed by atoms with Crippen molar-refractivity contribution >= 4 is 22.3 Å². The van der Waals surface area contributed by atoms with Crippen LogP contribution in [0.1, 0.15) is 19.3 Å². The second kappa shape index (κ2) is 6.99. The molecule has 1 heterocycles. The topological polar surface area (TPSA) is 79.5 Å². The average molecular weight is 289 g/mol. The van der Waals surface area contributed by atoms with Crippen LogP contribution in [0.3, 0.4) is 0 Å². The van der Waals surface area contributed by atoms with Crippen LogP contribution in [-0.2, 0) is 0 Å². The van der Waals surface area contributed by atoms with E-state index in [0.29, 0.717) is 5.52 Å². The molecule has 0 fully saturated rings. The highest BCUT2D eigenvalue weighted by atomic mass is 16.6. The Bertz CT molecular complexity index is 631. The van der Waals surface area contributed by atoms with E-state index < -0.39 is 4.92 Å². The van der Waals surface area contributed by atoms with Crippen LogP contribution in [0.15, 0.2) is 30.5 Å². The van der Waals surface area contributed by atoms with Crippen molar-refractivity contribution in [3.8, 4) is 0 Å². The first kappa shape index (κ1) is 15.2. The van der Waals surface area contributed by atoms with Crippen LogP contribution < -0.4 is 4.90 Å². The molecular weight excluding hydrogens is 270 g/mol. The lowest BCUT2D eigenvalue weighted by atomic mass is 10.1. The van der Waals surface area contributed by atoms with Crippen molar-refractivity contribution < 1.29 is 10.0 Å². The zero-order chi connectivity index (χ0) is 15.2. The fourth-order valence-corrected chi connectivity index (χ4v) is 2.38. The van der Waals surface area contributed by atoms with E-state index in [9.17, 15) is 10.1 Å². The number of aliphatic hydroxyl groups is 1. The summed E-state index contributed by atoms with van der Waals surface area (Å²) in [6.07, 6.45) is 4.30. The third-order valence-electron chi connectivity index (χ3n) is 3.48. The molecular formula is C15H19N3O3. The minimum Gasteiger partial charge on any atom is -0.396 e. The first-order valence-electron chi connectivity index (χ1n) is 6.99. The number of unbranched alkanes of at least 4 members (excludes halogenated alkanes) is 2. The molecule has 0 bridgehead atoms. The van der Waals surface area contributed by atoms with E-state index in [1.807, 2.05) is 13.1 Å². The summed E-state index contributed by atoms with van der Waals surface area (Å²) >= 11 is 0. The summed E-state index contributed by atoms with van der Waals surface area (Å²) in [5, 5.41) is 20.6. The normalized spacial score (nSPS) is 10.8. The number of benzene rings is 1. The molecule has 0 saturated heterocycles. The third-order valence-corrected chi connectivity index (χ3v) is 3.48. The van der Waals surface area contributed by atoms with Crippen LogP contribution in [0.2, 0.25) is 0 Å². The highest BCUT2D eigenvalue weighted by molar-refractivity contribution is 5.97. The van der Waals surface area contributed by atoms with Gasteiger partial charge in [0, 0.05) is 43.5 Å². The number of aliphatic hydroxyl groups excluding tert-OH is 1. The van der Waals surface area contributed by atoms with E-state index >= 15 is 0 Å². The third kappa shape index (κ3) is 3.46. The number of pyridine rings is 1. The van der Waals surface area contributed by atoms with Gasteiger partial charge in [-0.25, -0.2) is 4.98 Å². The zero-order valence-electron chi connectivity index (χ0n) is 12.0. The number of rotatable bonds is 7. The Morgan fingerprint density at radius 2 is 2.10 bits per heavy atom. The molecule has 0 aliphatic heterocycles. The number of nitro benzene ring substituents is 1. The first-order chi connectivity index (χ1) is 10.1. The summed E-state index contributed by atoms with van der Waals surface area (Å²) in [7, 11) is 1.96. The Morgan fingerprint density at radius 3 is 2.81 bits per heavy atom. The number of aromatic nitrogens is 1. The zero-order valence-corrected chi connectivity index (χ0v) is 12.0. The fraction of sp³-hybridized carbons (Fsp3) is 0.400. The maximum Gasteiger partial charge on any atom is 0.295 e. The van der Waals surface area contributed by atoms with Gasteiger partial charge in [0.1, 0.15) is 5.52 Å². The summed E-state index contributed by atoms with van der Waals surface area (Å²) < 4.78 is 0. The molecule has 0 aliphatic rings. The maximum absolute atomic E-state index is 11.1. The molecule has 112 valence electrons. The van der Waals surface area contributed by atoms with Gasteiger partial charge in [-0.3, -0.25) is 10.1 Å². The van der Waals surface area contributed by atoms with Gasteiger partial charge in [0.2, 0.25) is 0 Å². The lowest BCUT2D eigenvalue weighted by molar-refractivity contribution is -0.383. The summed E-state index contributed by atoms with van der Waals surface area (Å²) in [4.78, 5) is 16.9. The molecule has 0 saturated carbocycles. The Kier molecular flexibility index (Phi) is 5.05. The largest absolute Gasteiger partial charge is 0.396 e. The molecule has 1 aromatic heterocycles. The molecule has 0 atom stereocenters. The van der Waals surface area contributed by atoms with Crippen LogP contribution in [-0.4, -0.2) is 35.2 Å². The Morgan fingerprint density at radius 1 is 1.29 bits per heavy atom. The lowest BCUT2D eigenvalue weighted by Gasteiger charge is -2.20. The van der Waals surface area contributed by atoms with E-state index in [-0.39, 0.29) is 12.3 Å². The Balaban J connectivity index is 2.28. The van der Waals surface area contributed by atoms with Crippen molar-refractivity contribution in [3.05, 3.63) is 40.6 Å². The summed E-state index contributed by atoms with van der Waals surface area (Å²) in [6, 6.07) is 6.92. The molecule has 6 nitrogen and oxygen atoms in total. The van der Waals surface area contributed by atoms with Gasteiger partial charge in [-0.2, -0.15) is 0 Å². The van der Waals surface area contributed by atoms with Gasteiger partial charge < -0.3 is 10.0 Å². The molecule has 0 amide bonds. The van der Waals surface area contributed by atoms with Crippen molar-refractivity contribution in [3.63, 3.8) is 0 Å². The summed E-state index contributed by atoms with van der Waals surface area (Å²) in [5.41, 5.74) is 1.39. The second-order valence-corrected chi connectivity index (χ2v) is 4.97. The van der Waals surface area contributed by atoms with Crippen molar-refractivity contribution in [2.24, 2.45) is 0 Å². The van der Waals surface area contributed by atoms with Crippen LogP contribution >= 0.6 is 0 Å².